The number of rotatable bonds is 10. The van der Waals surface area contributed by atoms with Gasteiger partial charge in [-0.3, -0.25) is 4.79 Å². The molecule has 0 aliphatic carbocycles. The molecule has 6 nitrogen and oxygen atoms in total. The van der Waals surface area contributed by atoms with Crippen LogP contribution in [0, 0.1) is 0 Å². The zero-order valence-electron chi connectivity index (χ0n) is 22.1. The smallest absolute Gasteiger partial charge is 0.322 e. The summed E-state index contributed by atoms with van der Waals surface area (Å²) in [5.74, 6) is -1.25. The Bertz CT molecular complexity index is 1750. The van der Waals surface area contributed by atoms with Gasteiger partial charge < -0.3 is 5.11 Å². The number of nitrogens with one attached hydrogen (secondary N) is 1. The molecule has 0 aliphatic rings. The van der Waals surface area contributed by atoms with Gasteiger partial charge in [0.1, 0.15) is 11.0 Å². The minimum Gasteiger partial charge on any atom is -0.480 e. The Morgan fingerprint density at radius 2 is 1.46 bits per heavy atom. The zero-order valence-corrected chi connectivity index (χ0v) is 24.5. The van der Waals surface area contributed by atoms with Crippen molar-refractivity contribution in [3.8, 4) is 32.3 Å². The molecule has 0 unspecified atom stereocenters. The van der Waals surface area contributed by atoms with Gasteiger partial charge in [0.25, 0.3) is 0 Å². The number of carboxylic acid groups (broad SMARTS) is 1. The number of carboxylic acids is 1. The fraction of sp³-hybridized carbons (Fsp3) is 0.125. The average molecular weight is 603 g/mol. The molecule has 208 valence electrons. The Morgan fingerprint density at radius 1 is 0.854 bits per heavy atom. The molecule has 1 aromatic heterocycles. The molecule has 0 bridgehead atoms. The standard InChI is InChI=1S/C32H27ClN2O4S2/c1-2-21-8-10-25(11-9-21)31-34-29(30(40-31)24-12-16-26(33)17-13-24)23-14-18-27(19-15-23)41(38,39)35-28(32(36)37)20-22-6-4-3-5-7-22/h3-19,28,35H,2,20H2,1H3,(H,36,37)/t28-/m0/s1. The minimum atomic E-state index is -4.10. The number of nitrogens with zero attached hydrogens (tertiary/aromatic N) is 1. The minimum absolute atomic E-state index is 0.0266. The van der Waals surface area contributed by atoms with Crippen LogP contribution in [0.4, 0.5) is 0 Å². The summed E-state index contributed by atoms with van der Waals surface area (Å²) in [6.07, 6.45) is 0.974. The van der Waals surface area contributed by atoms with E-state index in [-0.39, 0.29) is 11.3 Å². The number of aryl methyl sites for hydroxylation is 1. The van der Waals surface area contributed by atoms with E-state index < -0.39 is 22.0 Å². The van der Waals surface area contributed by atoms with Crippen molar-refractivity contribution in [1.82, 2.24) is 9.71 Å². The van der Waals surface area contributed by atoms with Crippen molar-refractivity contribution >= 4 is 38.9 Å². The summed E-state index contributed by atoms with van der Waals surface area (Å²) in [5, 5.41) is 11.1. The molecule has 2 N–H and O–H groups in total. The highest BCUT2D eigenvalue weighted by atomic mass is 35.5. The largest absolute Gasteiger partial charge is 0.480 e. The highest BCUT2D eigenvalue weighted by Gasteiger charge is 2.26. The van der Waals surface area contributed by atoms with Crippen molar-refractivity contribution in [2.45, 2.75) is 30.7 Å². The summed E-state index contributed by atoms with van der Waals surface area (Å²) in [5.41, 5.74) is 5.35. The van der Waals surface area contributed by atoms with Gasteiger partial charge in [0.15, 0.2) is 0 Å². The number of benzene rings is 4. The van der Waals surface area contributed by atoms with E-state index >= 15 is 0 Å². The maximum absolute atomic E-state index is 13.1. The van der Waals surface area contributed by atoms with Gasteiger partial charge in [0.2, 0.25) is 10.0 Å². The van der Waals surface area contributed by atoms with E-state index in [2.05, 4.69) is 35.9 Å². The van der Waals surface area contributed by atoms with Gasteiger partial charge >= 0.3 is 5.97 Å². The third kappa shape index (κ3) is 6.74. The molecule has 1 atom stereocenters. The summed E-state index contributed by atoms with van der Waals surface area (Å²) < 4.78 is 28.6. The number of hydrogen-bond acceptors (Lipinski definition) is 5. The van der Waals surface area contributed by atoms with Crippen LogP contribution >= 0.6 is 22.9 Å². The van der Waals surface area contributed by atoms with Gasteiger partial charge in [0.05, 0.1) is 15.5 Å². The van der Waals surface area contributed by atoms with E-state index in [0.717, 1.165) is 44.3 Å². The molecule has 4 aromatic carbocycles. The lowest BCUT2D eigenvalue weighted by molar-refractivity contribution is -0.138. The second-order valence-corrected chi connectivity index (χ2v) is 12.6. The zero-order chi connectivity index (χ0) is 29.0. The van der Waals surface area contributed by atoms with Crippen molar-refractivity contribution in [3.05, 3.63) is 119 Å². The first-order chi connectivity index (χ1) is 19.7. The fourth-order valence-corrected chi connectivity index (χ4v) is 6.81. The molecule has 0 fully saturated rings. The highest BCUT2D eigenvalue weighted by Crippen LogP contribution is 2.41. The highest BCUT2D eigenvalue weighted by molar-refractivity contribution is 7.89. The predicted octanol–water partition coefficient (Wildman–Crippen LogP) is 7.33. The quantitative estimate of drug-likeness (QED) is 0.174. The Morgan fingerprint density at radius 3 is 2.07 bits per heavy atom. The third-order valence-electron chi connectivity index (χ3n) is 6.66. The maximum Gasteiger partial charge on any atom is 0.322 e. The monoisotopic (exact) mass is 602 g/mol. The van der Waals surface area contributed by atoms with Crippen molar-refractivity contribution in [2.24, 2.45) is 0 Å². The number of thiazole rings is 1. The molecule has 5 aromatic rings. The average Bonchev–Trinajstić information content (AvgIpc) is 3.43. The SMILES string of the molecule is CCc1ccc(-c2nc(-c3ccc(S(=O)(=O)N[C@@H](Cc4ccccc4)C(=O)O)cc3)c(-c3ccc(Cl)cc3)s2)cc1. The Balaban J connectivity index is 1.46. The van der Waals surface area contributed by atoms with Crippen LogP contribution < -0.4 is 4.72 Å². The predicted molar refractivity (Wildman–Crippen MR) is 165 cm³/mol. The van der Waals surface area contributed by atoms with Crippen LogP contribution in [-0.2, 0) is 27.7 Å². The Hall–Kier alpha value is -3.82. The van der Waals surface area contributed by atoms with E-state index in [1.165, 1.54) is 17.7 Å². The molecule has 0 saturated heterocycles. The van der Waals surface area contributed by atoms with Crippen LogP contribution in [0.15, 0.2) is 108 Å². The van der Waals surface area contributed by atoms with Crippen molar-refractivity contribution in [2.75, 3.05) is 0 Å². The third-order valence-corrected chi connectivity index (χ3v) is 9.55. The summed E-state index contributed by atoms with van der Waals surface area (Å²) in [7, 11) is -4.10. The van der Waals surface area contributed by atoms with Crippen LogP contribution in [0.3, 0.4) is 0 Å². The number of halogens is 1. The Kier molecular flexibility index (Phi) is 8.65. The summed E-state index contributed by atoms with van der Waals surface area (Å²) in [6.45, 7) is 2.11. The van der Waals surface area contributed by atoms with Crippen LogP contribution in [0.25, 0.3) is 32.3 Å². The molecule has 1 heterocycles. The number of aliphatic carboxylic acids is 1. The Labute approximate surface area is 248 Å². The number of hydrogen-bond donors (Lipinski definition) is 2. The molecule has 0 aliphatic heterocycles. The van der Waals surface area contributed by atoms with Crippen molar-refractivity contribution < 1.29 is 18.3 Å². The first-order valence-corrected chi connectivity index (χ1v) is 15.7. The van der Waals surface area contributed by atoms with Gasteiger partial charge in [0, 0.05) is 16.1 Å². The molecule has 0 radical (unpaired) electrons. The molecule has 41 heavy (non-hydrogen) atoms. The first kappa shape index (κ1) is 28.7. The van der Waals surface area contributed by atoms with E-state index in [4.69, 9.17) is 16.6 Å². The van der Waals surface area contributed by atoms with E-state index in [9.17, 15) is 18.3 Å². The van der Waals surface area contributed by atoms with E-state index in [1.807, 2.05) is 30.3 Å². The van der Waals surface area contributed by atoms with Crippen molar-refractivity contribution in [3.63, 3.8) is 0 Å². The summed E-state index contributed by atoms with van der Waals surface area (Å²) >= 11 is 7.69. The number of sulfonamides is 1. The number of aromatic nitrogens is 1. The van der Waals surface area contributed by atoms with E-state index in [1.54, 1.807) is 47.7 Å². The van der Waals surface area contributed by atoms with Crippen LogP contribution in [0.1, 0.15) is 18.1 Å². The van der Waals surface area contributed by atoms with E-state index in [0.29, 0.717) is 5.02 Å². The fourth-order valence-electron chi connectivity index (χ4n) is 4.40. The molecule has 5 rings (SSSR count). The maximum atomic E-state index is 13.1. The lowest BCUT2D eigenvalue weighted by Crippen LogP contribution is -2.42. The van der Waals surface area contributed by atoms with Crippen LogP contribution in [-0.4, -0.2) is 30.5 Å². The molecule has 0 spiro atoms. The van der Waals surface area contributed by atoms with Gasteiger partial charge in [-0.25, -0.2) is 13.4 Å². The van der Waals surface area contributed by atoms with Gasteiger partial charge in [-0.05, 0) is 53.8 Å². The van der Waals surface area contributed by atoms with Gasteiger partial charge in [-0.1, -0.05) is 97.4 Å². The van der Waals surface area contributed by atoms with Crippen LogP contribution in [0.2, 0.25) is 5.02 Å². The molecular weight excluding hydrogens is 576 g/mol. The second-order valence-electron chi connectivity index (χ2n) is 9.48. The summed E-state index contributed by atoms with van der Waals surface area (Å²) in [6, 6.07) is 29.7. The lowest BCUT2D eigenvalue weighted by atomic mass is 10.1. The second kappa shape index (κ2) is 12.4. The topological polar surface area (TPSA) is 96.4 Å². The van der Waals surface area contributed by atoms with Gasteiger partial charge in [-0.15, -0.1) is 11.3 Å². The molecule has 0 saturated carbocycles. The van der Waals surface area contributed by atoms with Gasteiger partial charge in [-0.2, -0.15) is 4.72 Å². The molecular formula is C32H27ClN2O4S2. The summed E-state index contributed by atoms with van der Waals surface area (Å²) in [4.78, 5) is 17.7. The first-order valence-electron chi connectivity index (χ1n) is 13.0. The molecule has 0 amide bonds. The lowest BCUT2D eigenvalue weighted by Gasteiger charge is -2.15. The normalized spacial score (nSPS) is 12.2. The van der Waals surface area contributed by atoms with Crippen LogP contribution in [0.5, 0.6) is 0 Å². The number of carbonyl (C=O) groups is 1. The molecule has 9 heteroatoms. The van der Waals surface area contributed by atoms with Crippen molar-refractivity contribution in [1.29, 1.82) is 0 Å².